The maximum Gasteiger partial charge on any atom is 0.305 e. The van der Waals surface area contributed by atoms with E-state index in [9.17, 15) is 14.7 Å². The van der Waals surface area contributed by atoms with Gasteiger partial charge in [0.05, 0.1) is 13.7 Å². The predicted molar refractivity (Wildman–Crippen MR) is 275 cm³/mol. The van der Waals surface area contributed by atoms with Crippen molar-refractivity contribution in [2.45, 2.75) is 252 Å². The van der Waals surface area contributed by atoms with Gasteiger partial charge in [0.2, 0.25) is 5.91 Å². The van der Waals surface area contributed by atoms with E-state index in [0.717, 1.165) is 77.9 Å². The van der Waals surface area contributed by atoms with Crippen LogP contribution in [0.4, 0.5) is 0 Å². The van der Waals surface area contributed by atoms with Gasteiger partial charge in [0, 0.05) is 52.2 Å². The first kappa shape index (κ1) is 60.8. The third-order valence-corrected chi connectivity index (χ3v) is 14.0. The first-order valence-corrected chi connectivity index (χ1v) is 28.3. The molecule has 1 N–H and O–H groups in total. The van der Waals surface area contributed by atoms with Gasteiger partial charge in [0.25, 0.3) is 0 Å². The molecule has 0 radical (unpaired) electrons. The van der Waals surface area contributed by atoms with Gasteiger partial charge in [-0.1, -0.05) is 201 Å². The first-order valence-electron chi connectivity index (χ1n) is 28.3. The van der Waals surface area contributed by atoms with Gasteiger partial charge < -0.3 is 19.6 Å². The summed E-state index contributed by atoms with van der Waals surface area (Å²) < 4.78 is 4.83. The Labute approximate surface area is 398 Å². The van der Waals surface area contributed by atoms with Crippen molar-refractivity contribution in [3.63, 3.8) is 0 Å². The van der Waals surface area contributed by atoms with Gasteiger partial charge in [-0.3, -0.25) is 24.3 Å². The van der Waals surface area contributed by atoms with Crippen molar-refractivity contribution in [2.75, 3.05) is 92.2 Å². The molecular formula is C55H111N5O4. The summed E-state index contributed by atoms with van der Waals surface area (Å²) in [6, 6.07) is 0. The lowest BCUT2D eigenvalue weighted by atomic mass is 10.1. The number of rotatable bonds is 48. The van der Waals surface area contributed by atoms with E-state index in [2.05, 4.69) is 52.2 Å². The second kappa shape index (κ2) is 45.5. The zero-order chi connectivity index (χ0) is 46.6. The molecule has 64 heavy (non-hydrogen) atoms. The number of carbonyl (C=O) groups excluding carboxylic acids is 2. The topological polar surface area (TPSA) is 79.8 Å². The molecule has 1 rings (SSSR count). The summed E-state index contributed by atoms with van der Waals surface area (Å²) in [6.07, 6.45) is 42.4. The number of nitrogens with zero attached hydrogens (tertiary/aromatic N) is 5. The number of ether oxygens (including phenoxy) is 1. The quantitative estimate of drug-likeness (QED) is 0.0478. The Morgan fingerprint density at radius 3 is 1.16 bits per heavy atom. The van der Waals surface area contributed by atoms with Gasteiger partial charge in [-0.25, -0.2) is 0 Å². The van der Waals surface area contributed by atoms with Crippen LogP contribution in [0, 0.1) is 0 Å². The second-order valence-electron chi connectivity index (χ2n) is 19.9. The van der Waals surface area contributed by atoms with Crippen molar-refractivity contribution < 1.29 is 19.4 Å². The lowest BCUT2D eigenvalue weighted by Gasteiger charge is -2.39. The van der Waals surface area contributed by atoms with E-state index >= 15 is 0 Å². The van der Waals surface area contributed by atoms with Crippen LogP contribution in [0.15, 0.2) is 0 Å². The molecule has 1 aliphatic heterocycles. The van der Waals surface area contributed by atoms with E-state index in [-0.39, 0.29) is 11.9 Å². The molecule has 1 amide bonds. The summed E-state index contributed by atoms with van der Waals surface area (Å²) in [7, 11) is 1.47. The minimum absolute atomic E-state index is 0.109. The molecular weight excluding hydrogens is 795 g/mol. The zero-order valence-corrected chi connectivity index (χ0v) is 43.7. The molecule has 0 spiro atoms. The van der Waals surface area contributed by atoms with Gasteiger partial charge >= 0.3 is 5.97 Å². The number of hydrogen-bond donors (Lipinski definition) is 1. The van der Waals surface area contributed by atoms with Gasteiger partial charge in [-0.05, 0) is 71.2 Å². The van der Waals surface area contributed by atoms with Crippen LogP contribution in [0.1, 0.15) is 246 Å². The highest BCUT2D eigenvalue weighted by atomic mass is 16.5. The number of aliphatic hydroxyl groups is 1. The normalized spacial score (nSPS) is 14.1. The smallest absolute Gasteiger partial charge is 0.305 e. The molecule has 1 saturated heterocycles. The molecule has 1 atom stereocenters. The molecule has 0 bridgehead atoms. The lowest BCUT2D eigenvalue weighted by molar-refractivity contribution is -0.140. The van der Waals surface area contributed by atoms with Crippen molar-refractivity contribution in [1.29, 1.82) is 0 Å². The van der Waals surface area contributed by atoms with Crippen molar-refractivity contribution in [3.8, 4) is 0 Å². The van der Waals surface area contributed by atoms with Crippen LogP contribution in [0.25, 0.3) is 0 Å². The van der Waals surface area contributed by atoms with Crippen LogP contribution in [0.3, 0.4) is 0 Å². The van der Waals surface area contributed by atoms with E-state index in [4.69, 9.17) is 4.74 Å². The molecule has 1 fully saturated rings. The fourth-order valence-corrected chi connectivity index (χ4v) is 9.50. The summed E-state index contributed by atoms with van der Waals surface area (Å²) in [5, 5.41) is 11.7. The number of piperazine rings is 1. The molecule has 380 valence electrons. The van der Waals surface area contributed by atoms with Crippen LogP contribution in [-0.2, 0) is 14.3 Å². The number of amides is 1. The molecule has 9 heteroatoms. The number of aliphatic hydroxyl groups excluding tert-OH is 1. The lowest BCUT2D eigenvalue weighted by Crippen LogP contribution is -2.56. The summed E-state index contributed by atoms with van der Waals surface area (Å²) >= 11 is 0. The highest BCUT2D eigenvalue weighted by Gasteiger charge is 2.27. The van der Waals surface area contributed by atoms with Gasteiger partial charge in [-0.2, -0.15) is 0 Å². The Bertz CT molecular complexity index is 975. The fraction of sp³-hybridized carbons (Fsp3) is 0.964. The Balaban J connectivity index is 2.80. The van der Waals surface area contributed by atoms with E-state index in [1.54, 1.807) is 0 Å². The molecule has 0 saturated carbocycles. The van der Waals surface area contributed by atoms with Crippen molar-refractivity contribution in [2.24, 2.45) is 0 Å². The summed E-state index contributed by atoms with van der Waals surface area (Å²) in [4.78, 5) is 37.4. The molecule has 0 aliphatic carbocycles. The Kier molecular flexibility index (Phi) is 43.2. The SMILES string of the molecule is CCCCCCCCCN(CCCCCCCCC)CCN(CCCCCCCC(=O)OC)CC(O)N1CCN(C(=O)CN(CCCCCCCCC)CCCCCCCCC)CC1. The van der Waals surface area contributed by atoms with E-state index in [0.29, 0.717) is 32.6 Å². The Hall–Kier alpha value is -1.26. The average molecular weight is 907 g/mol. The summed E-state index contributed by atoms with van der Waals surface area (Å²) in [5.74, 6) is 0.165. The third kappa shape index (κ3) is 35.9. The first-order chi connectivity index (χ1) is 31.4. The molecule has 1 heterocycles. The number of esters is 1. The monoisotopic (exact) mass is 906 g/mol. The predicted octanol–water partition coefficient (Wildman–Crippen LogP) is 12.9. The average Bonchev–Trinajstić information content (AvgIpc) is 3.30. The van der Waals surface area contributed by atoms with Crippen LogP contribution in [0.5, 0.6) is 0 Å². The zero-order valence-electron chi connectivity index (χ0n) is 43.7. The molecule has 1 unspecified atom stereocenters. The van der Waals surface area contributed by atoms with E-state index in [1.807, 2.05) is 0 Å². The van der Waals surface area contributed by atoms with Gasteiger partial charge in [0.1, 0.15) is 6.23 Å². The molecule has 1 aliphatic rings. The Morgan fingerprint density at radius 1 is 0.438 bits per heavy atom. The molecule has 0 aromatic carbocycles. The molecule has 0 aromatic heterocycles. The van der Waals surface area contributed by atoms with Crippen LogP contribution >= 0.6 is 0 Å². The fourth-order valence-electron chi connectivity index (χ4n) is 9.50. The van der Waals surface area contributed by atoms with Crippen molar-refractivity contribution in [1.82, 2.24) is 24.5 Å². The van der Waals surface area contributed by atoms with Crippen LogP contribution in [0.2, 0.25) is 0 Å². The number of hydrogen-bond acceptors (Lipinski definition) is 8. The van der Waals surface area contributed by atoms with Crippen molar-refractivity contribution in [3.05, 3.63) is 0 Å². The number of unbranched alkanes of at least 4 members (excludes halogenated alkanes) is 28. The number of carbonyl (C=O) groups is 2. The maximum absolute atomic E-state index is 13.8. The standard InChI is InChI=1S/C55H111N5O4/c1-6-10-14-18-22-28-34-40-56(41-35-29-23-19-15-11-7-2)45-46-58(44-38-32-26-27-33-39-55(63)64-5)52-54(62)60-49-47-59(48-50-60)53(61)51-57(42-36-30-24-20-16-12-8-3)43-37-31-25-21-17-13-9-4/h54,62H,6-52H2,1-5H3. The third-order valence-electron chi connectivity index (χ3n) is 14.0. The molecule has 0 aromatic rings. The maximum atomic E-state index is 13.8. The van der Waals surface area contributed by atoms with Gasteiger partial charge in [0.15, 0.2) is 0 Å². The number of methoxy groups -OCH3 is 1. The van der Waals surface area contributed by atoms with E-state index < -0.39 is 6.23 Å². The summed E-state index contributed by atoms with van der Waals surface area (Å²) in [5.41, 5.74) is 0. The highest BCUT2D eigenvalue weighted by molar-refractivity contribution is 5.78. The minimum Gasteiger partial charge on any atom is -0.469 e. The largest absolute Gasteiger partial charge is 0.469 e. The van der Waals surface area contributed by atoms with Crippen molar-refractivity contribution >= 4 is 11.9 Å². The summed E-state index contributed by atoms with van der Waals surface area (Å²) in [6.45, 7) is 20.7. The van der Waals surface area contributed by atoms with E-state index in [1.165, 1.54) is 200 Å². The van der Waals surface area contributed by atoms with Crippen LogP contribution < -0.4 is 0 Å². The van der Waals surface area contributed by atoms with Gasteiger partial charge in [-0.15, -0.1) is 0 Å². The Morgan fingerprint density at radius 2 is 0.766 bits per heavy atom. The highest BCUT2D eigenvalue weighted by Crippen LogP contribution is 2.15. The van der Waals surface area contributed by atoms with Crippen LogP contribution in [-0.4, -0.2) is 140 Å². The second-order valence-corrected chi connectivity index (χ2v) is 19.9. The molecule has 9 nitrogen and oxygen atoms in total. The minimum atomic E-state index is -0.525.